The Morgan fingerprint density at radius 3 is 2.80 bits per heavy atom. The summed E-state index contributed by atoms with van der Waals surface area (Å²) < 4.78 is 4.62. The summed E-state index contributed by atoms with van der Waals surface area (Å²) >= 11 is 3.05. The number of carbonyl (C=O) groups is 1. The molecule has 0 heterocycles. The molecule has 0 aliphatic rings. The highest BCUT2D eigenvalue weighted by Crippen LogP contribution is 1.92. The number of alkyl halides is 1. The molecule has 0 saturated carbocycles. The summed E-state index contributed by atoms with van der Waals surface area (Å²) in [6.07, 6.45) is -0.231. The molecule has 0 aromatic heterocycles. The maximum Gasteiger partial charge on any atom is 0.305 e. The molecule has 1 unspecified atom stereocenters. The van der Waals surface area contributed by atoms with Gasteiger partial charge in [-0.15, -0.1) is 0 Å². The zero-order valence-corrected chi connectivity index (χ0v) is 7.43. The molecule has 0 spiro atoms. The summed E-state index contributed by atoms with van der Waals surface area (Å²) in [5.74, 6) is -0.278. The molecule has 1 atom stereocenters. The molecule has 10 heavy (non-hydrogen) atoms. The van der Waals surface area contributed by atoms with Crippen molar-refractivity contribution in [3.8, 4) is 0 Å². The van der Waals surface area contributed by atoms with Crippen molar-refractivity contribution in [3.63, 3.8) is 0 Å². The van der Waals surface area contributed by atoms with Gasteiger partial charge in [0.2, 0.25) is 0 Å². The monoisotopic (exact) mass is 210 g/mol. The quantitative estimate of drug-likeness (QED) is 0.549. The van der Waals surface area contributed by atoms with Crippen LogP contribution >= 0.6 is 15.9 Å². The van der Waals surface area contributed by atoms with E-state index in [4.69, 9.17) is 5.11 Å². The van der Waals surface area contributed by atoms with Crippen molar-refractivity contribution in [3.05, 3.63) is 0 Å². The highest BCUT2D eigenvalue weighted by Gasteiger charge is 2.04. The first-order valence-corrected chi connectivity index (χ1v) is 4.22. The van der Waals surface area contributed by atoms with E-state index in [1.165, 1.54) is 0 Å². The van der Waals surface area contributed by atoms with E-state index >= 15 is 0 Å². The molecule has 3 nitrogen and oxygen atoms in total. The highest BCUT2D eigenvalue weighted by atomic mass is 79.9. The first-order chi connectivity index (χ1) is 4.70. The number of rotatable bonds is 4. The summed E-state index contributed by atoms with van der Waals surface area (Å²) in [5.41, 5.74) is 0. The van der Waals surface area contributed by atoms with E-state index in [-0.39, 0.29) is 12.6 Å². The van der Waals surface area contributed by atoms with Crippen LogP contribution in [0, 0.1) is 0 Å². The molecule has 1 N–H and O–H groups in total. The van der Waals surface area contributed by atoms with Crippen molar-refractivity contribution < 1.29 is 14.6 Å². The van der Waals surface area contributed by atoms with Gasteiger partial charge in [0.1, 0.15) is 6.61 Å². The normalized spacial score (nSPS) is 12.7. The van der Waals surface area contributed by atoms with Crippen LogP contribution in [0.4, 0.5) is 0 Å². The molecule has 0 fully saturated rings. The predicted molar refractivity (Wildman–Crippen MR) is 41.1 cm³/mol. The summed E-state index contributed by atoms with van der Waals surface area (Å²) in [7, 11) is 0. The Balaban J connectivity index is 3.26. The topological polar surface area (TPSA) is 46.5 Å². The van der Waals surface area contributed by atoms with Crippen LogP contribution in [0.2, 0.25) is 0 Å². The molecule has 0 aliphatic carbocycles. The standard InChI is InChI=1S/C6H11BrO3/c1-2-6(9)10-4-5(8)3-7/h5,8H,2-4H2,1H3. The van der Waals surface area contributed by atoms with Gasteiger partial charge in [-0.25, -0.2) is 0 Å². The zero-order valence-electron chi connectivity index (χ0n) is 5.84. The van der Waals surface area contributed by atoms with Gasteiger partial charge in [0.05, 0.1) is 6.10 Å². The molecular formula is C6H11BrO3. The maximum absolute atomic E-state index is 10.5. The summed E-state index contributed by atoms with van der Waals surface area (Å²) in [4.78, 5) is 10.5. The van der Waals surface area contributed by atoms with Gasteiger partial charge in [0.25, 0.3) is 0 Å². The first kappa shape index (κ1) is 9.91. The largest absolute Gasteiger partial charge is 0.463 e. The van der Waals surface area contributed by atoms with Crippen LogP contribution in [0.1, 0.15) is 13.3 Å². The van der Waals surface area contributed by atoms with Crippen molar-refractivity contribution >= 4 is 21.9 Å². The lowest BCUT2D eigenvalue weighted by atomic mass is 10.4. The molecule has 0 radical (unpaired) electrons. The van der Waals surface area contributed by atoms with Gasteiger partial charge in [0.15, 0.2) is 0 Å². The van der Waals surface area contributed by atoms with Crippen molar-refractivity contribution in [2.45, 2.75) is 19.4 Å². The minimum atomic E-state index is -0.588. The average Bonchev–Trinajstić information content (AvgIpc) is 1.99. The Morgan fingerprint density at radius 1 is 1.80 bits per heavy atom. The molecule has 0 saturated heterocycles. The van der Waals surface area contributed by atoms with Gasteiger partial charge in [-0.2, -0.15) is 0 Å². The Labute approximate surface area is 68.5 Å². The molecule has 4 heteroatoms. The predicted octanol–water partition coefficient (Wildman–Crippen LogP) is 0.695. The van der Waals surface area contributed by atoms with Crippen LogP contribution in [-0.2, 0) is 9.53 Å². The van der Waals surface area contributed by atoms with Crippen LogP contribution in [0.25, 0.3) is 0 Å². The number of carbonyl (C=O) groups excluding carboxylic acids is 1. The smallest absolute Gasteiger partial charge is 0.305 e. The molecular weight excluding hydrogens is 200 g/mol. The van der Waals surface area contributed by atoms with Crippen molar-refractivity contribution in [2.24, 2.45) is 0 Å². The fraction of sp³-hybridized carbons (Fsp3) is 0.833. The molecule has 0 bridgehead atoms. The number of aliphatic hydroxyl groups is 1. The Morgan fingerprint density at radius 2 is 2.40 bits per heavy atom. The number of esters is 1. The third-order valence-corrected chi connectivity index (χ3v) is 1.65. The maximum atomic E-state index is 10.5. The van der Waals surface area contributed by atoms with Gasteiger partial charge in [-0.1, -0.05) is 22.9 Å². The van der Waals surface area contributed by atoms with Crippen LogP contribution in [0.15, 0.2) is 0 Å². The molecule has 60 valence electrons. The molecule has 0 aliphatic heterocycles. The lowest BCUT2D eigenvalue weighted by Gasteiger charge is -2.06. The fourth-order valence-corrected chi connectivity index (χ4v) is 0.523. The van der Waals surface area contributed by atoms with Gasteiger partial charge >= 0.3 is 5.97 Å². The molecule has 0 amide bonds. The lowest BCUT2D eigenvalue weighted by Crippen LogP contribution is -2.19. The third kappa shape index (κ3) is 4.76. The van der Waals surface area contributed by atoms with Crippen molar-refractivity contribution in [1.29, 1.82) is 0 Å². The Bertz CT molecular complexity index is 105. The first-order valence-electron chi connectivity index (χ1n) is 3.10. The highest BCUT2D eigenvalue weighted by molar-refractivity contribution is 9.09. The van der Waals surface area contributed by atoms with Gasteiger partial charge in [0, 0.05) is 11.8 Å². The number of ether oxygens (including phenoxy) is 1. The number of aliphatic hydroxyl groups excluding tert-OH is 1. The van der Waals surface area contributed by atoms with Gasteiger partial charge in [-0.05, 0) is 0 Å². The van der Waals surface area contributed by atoms with Crippen LogP contribution in [0.5, 0.6) is 0 Å². The zero-order chi connectivity index (χ0) is 7.98. The molecule has 0 aromatic carbocycles. The van der Waals surface area contributed by atoms with Crippen LogP contribution < -0.4 is 0 Å². The third-order valence-electron chi connectivity index (χ3n) is 0.903. The summed E-state index contributed by atoms with van der Waals surface area (Å²) in [5, 5.41) is 9.31. The van der Waals surface area contributed by atoms with Crippen molar-refractivity contribution in [2.75, 3.05) is 11.9 Å². The van der Waals surface area contributed by atoms with E-state index in [2.05, 4.69) is 20.7 Å². The Kier molecular flexibility index (Phi) is 5.63. The second-order valence-corrected chi connectivity index (χ2v) is 2.49. The van der Waals surface area contributed by atoms with Crippen LogP contribution in [-0.4, -0.2) is 29.1 Å². The minimum absolute atomic E-state index is 0.0813. The number of hydrogen-bond acceptors (Lipinski definition) is 3. The average molecular weight is 211 g/mol. The van der Waals surface area contributed by atoms with E-state index in [1.54, 1.807) is 6.92 Å². The SMILES string of the molecule is CCC(=O)OCC(O)CBr. The van der Waals surface area contributed by atoms with E-state index in [1.807, 2.05) is 0 Å². The fourth-order valence-electron chi connectivity index (χ4n) is 0.336. The molecule has 0 aromatic rings. The van der Waals surface area contributed by atoms with Gasteiger partial charge in [-0.3, -0.25) is 4.79 Å². The number of halogens is 1. The van der Waals surface area contributed by atoms with Crippen molar-refractivity contribution in [1.82, 2.24) is 0 Å². The minimum Gasteiger partial charge on any atom is -0.463 e. The van der Waals surface area contributed by atoms with Gasteiger partial charge < -0.3 is 9.84 Å². The summed E-state index contributed by atoms with van der Waals surface area (Å²) in [6.45, 7) is 1.79. The van der Waals surface area contributed by atoms with E-state index in [0.717, 1.165) is 0 Å². The van der Waals surface area contributed by atoms with E-state index in [9.17, 15) is 4.79 Å². The van der Waals surface area contributed by atoms with Crippen LogP contribution in [0.3, 0.4) is 0 Å². The lowest BCUT2D eigenvalue weighted by molar-refractivity contribution is -0.145. The second-order valence-electron chi connectivity index (χ2n) is 1.84. The Hall–Kier alpha value is -0.0900. The summed E-state index contributed by atoms with van der Waals surface area (Å²) in [6, 6.07) is 0. The van der Waals surface area contributed by atoms with E-state index < -0.39 is 6.10 Å². The number of hydrogen-bond donors (Lipinski definition) is 1. The second kappa shape index (κ2) is 5.68. The van der Waals surface area contributed by atoms with E-state index in [0.29, 0.717) is 11.8 Å². The molecule has 0 rings (SSSR count).